The highest BCUT2D eigenvalue weighted by Gasteiger charge is 2.09. The number of hydrogen-bond donors (Lipinski definition) is 0. The van der Waals surface area contributed by atoms with Crippen LogP contribution in [0.15, 0.2) is 66.6 Å². The van der Waals surface area contributed by atoms with E-state index < -0.39 is 0 Å². The van der Waals surface area contributed by atoms with E-state index in [0.717, 1.165) is 11.9 Å². The molecule has 0 N–H and O–H groups in total. The van der Waals surface area contributed by atoms with E-state index in [1.165, 1.54) is 5.56 Å². The quantitative estimate of drug-likeness (QED) is 0.702. The highest BCUT2D eigenvalue weighted by Crippen LogP contribution is 2.20. The molecule has 0 aliphatic heterocycles. The molecule has 0 fully saturated rings. The van der Waals surface area contributed by atoms with Gasteiger partial charge in [-0.1, -0.05) is 83.8 Å². The van der Waals surface area contributed by atoms with Gasteiger partial charge in [-0.3, -0.25) is 0 Å². The maximum Gasteiger partial charge on any atom is 0.281 e. The molecule has 0 aliphatic carbocycles. The zero-order chi connectivity index (χ0) is 12.8. The van der Waals surface area contributed by atoms with Gasteiger partial charge in [0, 0.05) is 5.03 Å². The molecule has 0 saturated heterocycles. The Balaban J connectivity index is 2.04. The number of hydrogen-bond acceptors (Lipinski definition) is 0. The number of benzene rings is 2. The van der Waals surface area contributed by atoms with Gasteiger partial charge in [0.1, 0.15) is 0 Å². The van der Waals surface area contributed by atoms with Crippen molar-refractivity contribution in [3.05, 3.63) is 77.8 Å². The lowest BCUT2D eigenvalue weighted by Gasteiger charge is -2.03. The predicted molar refractivity (Wildman–Crippen MR) is 82.0 cm³/mol. The molecule has 3 heteroatoms. The molecule has 0 aliphatic rings. The van der Waals surface area contributed by atoms with Gasteiger partial charge in [-0.25, -0.2) is 0 Å². The molecule has 0 amide bonds. The summed E-state index contributed by atoms with van der Waals surface area (Å²) in [4.78, 5) is 0. The summed E-state index contributed by atoms with van der Waals surface area (Å²) in [7, 11) is 0. The standard InChI is InChI=1S/C15H13BCl2/c17-15(14-9-5-2-6-10-14)12-16(18)11-13-7-3-1-4-8-13/h1-10,12H,11H2/b15-12-. The smallest absolute Gasteiger partial charge is 0.189 e. The molecule has 0 radical (unpaired) electrons. The van der Waals surface area contributed by atoms with Crippen molar-refractivity contribution in [3.63, 3.8) is 0 Å². The molecule has 0 spiro atoms. The van der Waals surface area contributed by atoms with E-state index in [9.17, 15) is 0 Å². The van der Waals surface area contributed by atoms with Crippen molar-refractivity contribution in [2.75, 3.05) is 0 Å². The molecule has 0 saturated carbocycles. The van der Waals surface area contributed by atoms with Crippen molar-refractivity contribution in [1.82, 2.24) is 0 Å². The van der Waals surface area contributed by atoms with Crippen LogP contribution in [0.3, 0.4) is 0 Å². The van der Waals surface area contributed by atoms with E-state index in [0.29, 0.717) is 5.03 Å². The molecular formula is C15H13BCl2. The fraction of sp³-hybridized carbons (Fsp3) is 0.0667. The Morgan fingerprint density at radius 2 is 1.50 bits per heavy atom. The lowest BCUT2D eigenvalue weighted by atomic mass is 9.69. The van der Waals surface area contributed by atoms with Crippen molar-refractivity contribution in [2.45, 2.75) is 6.32 Å². The van der Waals surface area contributed by atoms with E-state index in [1.54, 1.807) is 0 Å². The van der Waals surface area contributed by atoms with E-state index in [-0.39, 0.29) is 6.13 Å². The topological polar surface area (TPSA) is 0 Å². The normalized spacial score (nSPS) is 11.3. The average Bonchev–Trinajstić information content (AvgIpc) is 2.40. The van der Waals surface area contributed by atoms with Gasteiger partial charge in [-0.2, -0.15) is 11.5 Å². The van der Waals surface area contributed by atoms with E-state index in [2.05, 4.69) is 12.1 Å². The first-order chi connectivity index (χ1) is 8.75. The summed E-state index contributed by atoms with van der Waals surface area (Å²) in [6.45, 7) is 0. The average molecular weight is 275 g/mol. The third kappa shape index (κ3) is 3.94. The van der Waals surface area contributed by atoms with Crippen molar-refractivity contribution in [2.24, 2.45) is 0 Å². The van der Waals surface area contributed by atoms with Crippen LogP contribution in [0, 0.1) is 0 Å². The Kier molecular flexibility index (Phi) is 4.92. The Morgan fingerprint density at radius 1 is 0.944 bits per heavy atom. The highest BCUT2D eigenvalue weighted by atomic mass is 35.5. The monoisotopic (exact) mass is 274 g/mol. The third-order valence-electron chi connectivity index (χ3n) is 2.65. The van der Waals surface area contributed by atoms with Crippen LogP contribution in [-0.2, 0) is 6.32 Å². The summed E-state index contributed by atoms with van der Waals surface area (Å²) in [6.07, 6.45) is 0.686. The first kappa shape index (κ1) is 13.3. The van der Waals surface area contributed by atoms with Crippen LogP contribution in [-0.4, -0.2) is 6.13 Å². The van der Waals surface area contributed by atoms with Gasteiger partial charge >= 0.3 is 0 Å². The molecule has 0 heterocycles. The molecule has 0 nitrogen and oxygen atoms in total. The fourth-order valence-electron chi connectivity index (χ4n) is 1.75. The van der Waals surface area contributed by atoms with Gasteiger partial charge in [0.25, 0.3) is 6.13 Å². The van der Waals surface area contributed by atoms with Crippen molar-refractivity contribution >= 4 is 34.2 Å². The zero-order valence-electron chi connectivity index (χ0n) is 9.89. The first-order valence-electron chi connectivity index (χ1n) is 5.86. The molecule has 2 aromatic rings. The molecule has 2 rings (SSSR count). The van der Waals surface area contributed by atoms with Gasteiger partial charge < -0.3 is 0 Å². The SMILES string of the molecule is ClB(/C=C(\Cl)c1ccccc1)Cc1ccccc1. The molecule has 18 heavy (non-hydrogen) atoms. The Hall–Kier alpha value is -1.18. The van der Waals surface area contributed by atoms with Crippen molar-refractivity contribution < 1.29 is 0 Å². The van der Waals surface area contributed by atoms with Crippen LogP contribution in [0.5, 0.6) is 0 Å². The number of halogens is 2. The van der Waals surface area contributed by atoms with Gasteiger partial charge in [0.15, 0.2) is 0 Å². The zero-order valence-corrected chi connectivity index (χ0v) is 11.4. The molecule has 2 aromatic carbocycles. The molecular weight excluding hydrogens is 262 g/mol. The predicted octanol–water partition coefficient (Wildman–Crippen LogP) is 4.82. The summed E-state index contributed by atoms with van der Waals surface area (Å²) in [6, 6.07) is 20.0. The Morgan fingerprint density at radius 3 is 2.11 bits per heavy atom. The van der Waals surface area contributed by atoms with E-state index in [1.807, 2.05) is 54.5 Å². The Bertz CT molecular complexity index is 509. The summed E-state index contributed by atoms with van der Waals surface area (Å²) >= 11 is 12.5. The van der Waals surface area contributed by atoms with Gasteiger partial charge in [-0.05, 0) is 11.9 Å². The molecule has 0 aromatic heterocycles. The summed E-state index contributed by atoms with van der Waals surface area (Å²) in [5, 5.41) is 0.700. The van der Waals surface area contributed by atoms with E-state index in [4.69, 9.17) is 23.1 Å². The lowest BCUT2D eigenvalue weighted by molar-refractivity contribution is 1.38. The molecule has 0 bridgehead atoms. The Labute approximate surface area is 118 Å². The first-order valence-corrected chi connectivity index (χ1v) is 6.68. The van der Waals surface area contributed by atoms with Crippen LogP contribution in [0.2, 0.25) is 0 Å². The van der Waals surface area contributed by atoms with Crippen LogP contribution in [0.1, 0.15) is 11.1 Å². The third-order valence-corrected chi connectivity index (χ3v) is 3.27. The second kappa shape index (κ2) is 6.68. The van der Waals surface area contributed by atoms with Crippen LogP contribution >= 0.6 is 23.1 Å². The van der Waals surface area contributed by atoms with E-state index >= 15 is 0 Å². The van der Waals surface area contributed by atoms with Crippen LogP contribution < -0.4 is 0 Å². The summed E-state index contributed by atoms with van der Waals surface area (Å²) < 4.78 is 0. The van der Waals surface area contributed by atoms with Crippen LogP contribution in [0.4, 0.5) is 0 Å². The second-order valence-corrected chi connectivity index (χ2v) is 5.05. The summed E-state index contributed by atoms with van der Waals surface area (Å²) in [5.74, 6) is 1.89. The maximum absolute atomic E-state index is 6.30. The fourth-order valence-corrected chi connectivity index (χ4v) is 2.40. The minimum atomic E-state index is -0.0971. The molecule has 0 atom stereocenters. The summed E-state index contributed by atoms with van der Waals surface area (Å²) in [5.41, 5.74) is 2.21. The highest BCUT2D eigenvalue weighted by molar-refractivity contribution is 7.10. The lowest BCUT2D eigenvalue weighted by Crippen LogP contribution is -2.05. The number of rotatable bonds is 4. The van der Waals surface area contributed by atoms with Gasteiger partial charge in [0.2, 0.25) is 0 Å². The molecule has 90 valence electrons. The minimum absolute atomic E-state index is 0.0971. The minimum Gasteiger partial charge on any atom is -0.189 e. The second-order valence-electron chi connectivity index (χ2n) is 4.09. The van der Waals surface area contributed by atoms with Crippen molar-refractivity contribution in [1.29, 1.82) is 0 Å². The van der Waals surface area contributed by atoms with Crippen molar-refractivity contribution in [3.8, 4) is 0 Å². The largest absolute Gasteiger partial charge is 0.281 e. The van der Waals surface area contributed by atoms with Crippen LogP contribution in [0.25, 0.3) is 5.03 Å². The maximum atomic E-state index is 6.30. The van der Waals surface area contributed by atoms with Gasteiger partial charge in [0.05, 0.1) is 0 Å². The van der Waals surface area contributed by atoms with Gasteiger partial charge in [-0.15, -0.1) is 0 Å². The molecule has 0 unspecified atom stereocenters.